The van der Waals surface area contributed by atoms with Crippen LogP contribution in [-0.4, -0.2) is 47.3 Å². The fraction of sp³-hybridized carbons (Fsp3) is 0.765. The van der Waals surface area contributed by atoms with Gasteiger partial charge in [-0.25, -0.2) is 10.6 Å². The average Bonchev–Trinajstić information content (AvgIpc) is 2.52. The third-order valence-electron chi connectivity index (χ3n) is 4.01. The van der Waals surface area contributed by atoms with Crippen LogP contribution < -0.4 is 11.6 Å². The molecule has 1 rings (SSSR count). The molecule has 1 unspecified atom stereocenters. The molecular weight excluding hydrogens is 310 g/mol. The van der Waals surface area contributed by atoms with Crippen LogP contribution in [0, 0.1) is 11.8 Å². The number of carbonyl (C=O) groups excluding carboxylic acids is 1. The molecular formula is C17H29N3O4. The number of carboxylic acids is 1. The molecule has 0 aromatic carbocycles. The first-order valence-electron chi connectivity index (χ1n) is 8.66. The summed E-state index contributed by atoms with van der Waals surface area (Å²) in [7, 11) is 0. The van der Waals surface area contributed by atoms with E-state index in [9.17, 15) is 14.7 Å². The van der Waals surface area contributed by atoms with Crippen molar-refractivity contribution in [3.63, 3.8) is 0 Å². The molecule has 7 heteroatoms. The predicted molar refractivity (Wildman–Crippen MR) is 90.6 cm³/mol. The molecule has 1 aliphatic rings. The number of rotatable bonds is 10. The first-order chi connectivity index (χ1) is 11.6. The molecule has 0 spiro atoms. The highest BCUT2D eigenvalue weighted by atomic mass is 16.5. The fourth-order valence-electron chi connectivity index (χ4n) is 2.56. The summed E-state index contributed by atoms with van der Waals surface area (Å²) in [5.41, 5.74) is 5.40. The molecule has 0 saturated heterocycles. The van der Waals surface area contributed by atoms with E-state index < -0.39 is 17.9 Å². The maximum atomic E-state index is 12.1. The van der Waals surface area contributed by atoms with Crippen LogP contribution in [-0.2, 0) is 14.3 Å². The van der Waals surface area contributed by atoms with E-state index in [0.717, 1.165) is 37.1 Å². The van der Waals surface area contributed by atoms with Crippen LogP contribution in [0.25, 0.3) is 0 Å². The maximum Gasteiger partial charge on any atom is 0.328 e. The van der Waals surface area contributed by atoms with Crippen molar-refractivity contribution >= 4 is 11.9 Å². The molecule has 7 nitrogen and oxygen atoms in total. The minimum Gasteiger partial charge on any atom is -0.480 e. The van der Waals surface area contributed by atoms with Gasteiger partial charge in [0.25, 0.3) is 0 Å². The van der Waals surface area contributed by atoms with Gasteiger partial charge in [0.1, 0.15) is 12.1 Å². The fourth-order valence-corrected chi connectivity index (χ4v) is 2.56. The normalized spacial score (nSPS) is 18.7. The van der Waals surface area contributed by atoms with Gasteiger partial charge < -0.3 is 15.6 Å². The smallest absolute Gasteiger partial charge is 0.328 e. The molecule has 1 aliphatic carbocycles. The number of hydrogen-bond donors (Lipinski definition) is 3. The number of amides is 1. The number of hydrogen-bond acceptors (Lipinski definition) is 5. The van der Waals surface area contributed by atoms with Gasteiger partial charge in [0.15, 0.2) is 0 Å². The van der Waals surface area contributed by atoms with E-state index in [0.29, 0.717) is 25.8 Å². The molecule has 0 bridgehead atoms. The number of nitrogens with two attached hydrogens (primary N) is 2. The standard InChI is InChI=1S/C17H29N3O4/c18-12-7-6-10-15(17(22)23)20(19)16(21)11-13-24-14-8-4-2-1-3-5-9-14/h14-15H,1-4,6-8,10-13,18-19H2,(H,22,23)/t14?,15-/m0/s1. The van der Waals surface area contributed by atoms with Gasteiger partial charge in [-0.3, -0.25) is 9.80 Å². The van der Waals surface area contributed by atoms with Crippen LogP contribution in [0.15, 0.2) is 0 Å². The van der Waals surface area contributed by atoms with Crippen LogP contribution in [0.2, 0.25) is 0 Å². The molecule has 0 aliphatic heterocycles. The van der Waals surface area contributed by atoms with Gasteiger partial charge in [-0.15, -0.1) is 5.92 Å². The van der Waals surface area contributed by atoms with Crippen molar-refractivity contribution in [2.24, 2.45) is 11.6 Å². The Hall–Kier alpha value is -1.62. The largest absolute Gasteiger partial charge is 0.480 e. The lowest BCUT2D eigenvalue weighted by molar-refractivity contribution is -0.151. The first kappa shape index (κ1) is 20.4. The Kier molecular flexibility index (Phi) is 10.1. The van der Waals surface area contributed by atoms with E-state index in [1.54, 1.807) is 0 Å². The molecule has 136 valence electrons. The Morgan fingerprint density at radius 3 is 2.79 bits per heavy atom. The van der Waals surface area contributed by atoms with E-state index >= 15 is 0 Å². The lowest BCUT2D eigenvalue weighted by Gasteiger charge is -2.24. The van der Waals surface area contributed by atoms with Crippen LogP contribution >= 0.6 is 0 Å². The number of carbonyl (C=O) groups is 2. The Bertz CT molecular complexity index is 458. The number of ether oxygens (including phenoxy) is 1. The molecule has 5 N–H and O–H groups in total. The molecule has 0 radical (unpaired) electrons. The van der Waals surface area contributed by atoms with Crippen molar-refractivity contribution in [1.82, 2.24) is 5.01 Å². The average molecular weight is 339 g/mol. The van der Waals surface area contributed by atoms with Crippen molar-refractivity contribution < 1.29 is 19.4 Å². The minimum atomic E-state index is -1.10. The van der Waals surface area contributed by atoms with Gasteiger partial charge in [-0.2, -0.15) is 0 Å². The SMILES string of the molecule is NCCCC[C@@H](C(=O)O)N(N)C(=O)CCOC1C#CCCCCC1. The third kappa shape index (κ3) is 7.77. The van der Waals surface area contributed by atoms with Crippen molar-refractivity contribution in [2.75, 3.05) is 13.2 Å². The van der Waals surface area contributed by atoms with Gasteiger partial charge in [0.05, 0.1) is 13.0 Å². The summed E-state index contributed by atoms with van der Waals surface area (Å²) in [6.45, 7) is 0.683. The Balaban J connectivity index is 2.39. The monoisotopic (exact) mass is 339 g/mol. The summed E-state index contributed by atoms with van der Waals surface area (Å²) in [6, 6.07) is -1.02. The second-order valence-electron chi connectivity index (χ2n) is 5.97. The molecule has 2 atom stereocenters. The van der Waals surface area contributed by atoms with Crippen molar-refractivity contribution in [3.8, 4) is 11.8 Å². The summed E-state index contributed by atoms with van der Waals surface area (Å²) < 4.78 is 5.64. The van der Waals surface area contributed by atoms with E-state index in [4.69, 9.17) is 16.3 Å². The van der Waals surface area contributed by atoms with Crippen molar-refractivity contribution in [3.05, 3.63) is 0 Å². The highest BCUT2D eigenvalue weighted by Crippen LogP contribution is 2.12. The highest BCUT2D eigenvalue weighted by molar-refractivity contribution is 5.83. The second kappa shape index (κ2) is 11.8. The Morgan fingerprint density at radius 1 is 1.29 bits per heavy atom. The lowest BCUT2D eigenvalue weighted by Crippen LogP contribution is -2.50. The topological polar surface area (TPSA) is 119 Å². The zero-order valence-corrected chi connectivity index (χ0v) is 14.2. The minimum absolute atomic E-state index is 0.0509. The number of nitrogens with zero attached hydrogens (tertiary/aromatic N) is 1. The molecule has 1 amide bonds. The molecule has 0 aromatic rings. The number of aliphatic carboxylic acids is 1. The van der Waals surface area contributed by atoms with Gasteiger partial charge in [-0.05, 0) is 45.1 Å². The number of carboxylic acid groups (broad SMARTS) is 1. The summed E-state index contributed by atoms with van der Waals surface area (Å²) in [5, 5.41) is 10.0. The van der Waals surface area contributed by atoms with Crippen LogP contribution in [0.5, 0.6) is 0 Å². The van der Waals surface area contributed by atoms with Gasteiger partial charge in [0, 0.05) is 6.42 Å². The van der Waals surface area contributed by atoms with Gasteiger partial charge in [-0.1, -0.05) is 12.3 Å². The van der Waals surface area contributed by atoms with Crippen LogP contribution in [0.4, 0.5) is 0 Å². The lowest BCUT2D eigenvalue weighted by atomic mass is 10.1. The zero-order chi connectivity index (χ0) is 17.8. The zero-order valence-electron chi connectivity index (χ0n) is 14.2. The van der Waals surface area contributed by atoms with E-state index in [1.807, 2.05) is 0 Å². The summed E-state index contributed by atoms with van der Waals surface area (Å²) >= 11 is 0. The summed E-state index contributed by atoms with van der Waals surface area (Å²) in [6.07, 6.45) is 6.61. The summed E-state index contributed by atoms with van der Waals surface area (Å²) in [5.74, 6) is 10.3. The quantitative estimate of drug-likeness (QED) is 0.180. The van der Waals surface area contributed by atoms with Crippen LogP contribution in [0.1, 0.15) is 57.8 Å². The summed E-state index contributed by atoms with van der Waals surface area (Å²) in [4.78, 5) is 23.4. The predicted octanol–water partition coefficient (Wildman–Crippen LogP) is 1.01. The third-order valence-corrected chi connectivity index (χ3v) is 4.01. The molecule has 0 saturated carbocycles. The molecule has 0 heterocycles. The van der Waals surface area contributed by atoms with Crippen molar-refractivity contribution in [2.45, 2.75) is 69.9 Å². The first-order valence-corrected chi connectivity index (χ1v) is 8.66. The molecule has 24 heavy (non-hydrogen) atoms. The Labute approximate surface area is 143 Å². The molecule has 0 fully saturated rings. The van der Waals surface area contributed by atoms with E-state index in [-0.39, 0.29) is 19.1 Å². The van der Waals surface area contributed by atoms with Gasteiger partial charge in [0.2, 0.25) is 5.91 Å². The van der Waals surface area contributed by atoms with E-state index in [1.165, 1.54) is 0 Å². The molecule has 0 aromatic heterocycles. The number of unbranched alkanes of at least 4 members (excludes halogenated alkanes) is 1. The second-order valence-corrected chi connectivity index (χ2v) is 5.97. The Morgan fingerprint density at radius 2 is 2.08 bits per heavy atom. The number of hydrazine groups is 1. The van der Waals surface area contributed by atoms with Gasteiger partial charge >= 0.3 is 5.97 Å². The van der Waals surface area contributed by atoms with Crippen LogP contribution in [0.3, 0.4) is 0 Å². The highest BCUT2D eigenvalue weighted by Gasteiger charge is 2.26. The van der Waals surface area contributed by atoms with E-state index in [2.05, 4.69) is 11.8 Å². The maximum absolute atomic E-state index is 12.1. The van der Waals surface area contributed by atoms with Crippen molar-refractivity contribution in [1.29, 1.82) is 0 Å².